The van der Waals surface area contributed by atoms with Gasteiger partial charge >= 0.3 is 5.97 Å². The van der Waals surface area contributed by atoms with E-state index in [4.69, 9.17) is 27.9 Å². The van der Waals surface area contributed by atoms with Crippen LogP contribution in [0.3, 0.4) is 0 Å². The molecule has 0 aliphatic rings. The molecule has 0 fully saturated rings. The van der Waals surface area contributed by atoms with Crippen molar-refractivity contribution >= 4 is 35.1 Å². The molecule has 0 unspecified atom stereocenters. The van der Waals surface area contributed by atoms with Crippen LogP contribution >= 0.6 is 23.2 Å². The molecule has 1 N–H and O–H groups in total. The van der Waals surface area contributed by atoms with Gasteiger partial charge in [0.15, 0.2) is 0 Å². The summed E-state index contributed by atoms with van der Waals surface area (Å²) in [5.74, 6) is -1.29. The highest BCUT2D eigenvalue weighted by molar-refractivity contribution is 6.36. The van der Waals surface area contributed by atoms with Gasteiger partial charge in [0.2, 0.25) is 0 Å². The van der Waals surface area contributed by atoms with Crippen LogP contribution in [0.2, 0.25) is 10.0 Å². The summed E-state index contributed by atoms with van der Waals surface area (Å²) in [6, 6.07) is 2.24. The van der Waals surface area contributed by atoms with Crippen molar-refractivity contribution in [1.82, 2.24) is 5.32 Å². The Morgan fingerprint density at radius 2 is 1.83 bits per heavy atom. The Morgan fingerprint density at radius 1 is 1.13 bits per heavy atom. The highest BCUT2D eigenvalue weighted by Gasteiger charge is 2.13. The molecule has 1 aromatic carbocycles. The molecule has 1 aromatic rings. The molecule has 0 saturated heterocycles. The lowest BCUT2D eigenvalue weighted by molar-refractivity contribution is -0.143. The predicted molar refractivity (Wildman–Crippen MR) is 88.5 cm³/mol. The number of esters is 1. The summed E-state index contributed by atoms with van der Waals surface area (Å²) < 4.78 is 18.2. The number of unbranched alkanes of at least 4 members (excludes halogenated alkanes) is 3. The summed E-state index contributed by atoms with van der Waals surface area (Å²) in [6.45, 7) is 2.64. The number of ether oxygens (including phenoxy) is 1. The van der Waals surface area contributed by atoms with Gasteiger partial charge in [-0.3, -0.25) is 9.59 Å². The van der Waals surface area contributed by atoms with Crippen molar-refractivity contribution in [2.75, 3.05) is 13.2 Å². The van der Waals surface area contributed by atoms with Crippen LogP contribution in [0.25, 0.3) is 0 Å². The van der Waals surface area contributed by atoms with Crippen LogP contribution in [-0.4, -0.2) is 25.0 Å². The van der Waals surface area contributed by atoms with Gasteiger partial charge in [0.05, 0.1) is 22.2 Å². The van der Waals surface area contributed by atoms with Crippen LogP contribution in [0.5, 0.6) is 0 Å². The summed E-state index contributed by atoms with van der Waals surface area (Å²) in [4.78, 5) is 23.0. The van der Waals surface area contributed by atoms with Crippen molar-refractivity contribution in [3.63, 3.8) is 0 Å². The average Bonchev–Trinajstić information content (AvgIpc) is 2.50. The van der Waals surface area contributed by atoms with Crippen LogP contribution in [-0.2, 0) is 9.53 Å². The minimum Gasteiger partial charge on any atom is -0.466 e. The number of carbonyl (C=O) groups is 2. The maximum absolute atomic E-state index is 13.4. The SMILES string of the molecule is CCOC(=O)CCCCCCNC(=O)c1cc(F)c(Cl)cc1Cl. The molecule has 0 radical (unpaired) electrons. The molecule has 0 bridgehead atoms. The van der Waals surface area contributed by atoms with E-state index >= 15 is 0 Å². The summed E-state index contributed by atoms with van der Waals surface area (Å²) in [5, 5.41) is 2.68. The monoisotopic (exact) mass is 363 g/mol. The normalized spacial score (nSPS) is 10.4. The van der Waals surface area contributed by atoms with Gasteiger partial charge in [-0.1, -0.05) is 36.0 Å². The maximum Gasteiger partial charge on any atom is 0.305 e. The van der Waals surface area contributed by atoms with Crippen LogP contribution in [0, 0.1) is 5.82 Å². The third kappa shape index (κ3) is 7.18. The van der Waals surface area contributed by atoms with E-state index in [9.17, 15) is 14.0 Å². The molecule has 128 valence electrons. The topological polar surface area (TPSA) is 55.4 Å². The Morgan fingerprint density at radius 3 is 2.52 bits per heavy atom. The summed E-state index contributed by atoms with van der Waals surface area (Å²) in [5.41, 5.74) is 0.0656. The standard InChI is InChI=1S/C16H20Cl2FNO3/c1-2-23-15(21)7-5-3-4-6-8-20-16(22)11-9-14(19)13(18)10-12(11)17/h9-10H,2-8H2,1H3,(H,20,22). The highest BCUT2D eigenvalue weighted by atomic mass is 35.5. The van der Waals surface area contributed by atoms with Crippen LogP contribution in [0.15, 0.2) is 12.1 Å². The van der Waals surface area contributed by atoms with Gasteiger partial charge in [0.1, 0.15) is 5.82 Å². The maximum atomic E-state index is 13.4. The second-order valence-electron chi connectivity index (χ2n) is 4.97. The van der Waals surface area contributed by atoms with E-state index in [1.807, 2.05) is 0 Å². The van der Waals surface area contributed by atoms with E-state index in [0.29, 0.717) is 19.6 Å². The summed E-state index contributed by atoms with van der Waals surface area (Å²) >= 11 is 11.5. The van der Waals surface area contributed by atoms with Crippen molar-refractivity contribution in [2.24, 2.45) is 0 Å². The van der Waals surface area contributed by atoms with Gasteiger partial charge in [0, 0.05) is 13.0 Å². The van der Waals surface area contributed by atoms with Gasteiger partial charge in [0.25, 0.3) is 5.91 Å². The Kier molecular flexibility index (Phi) is 8.95. The Bertz CT molecular complexity index is 552. The third-order valence-electron chi connectivity index (χ3n) is 3.15. The molecule has 23 heavy (non-hydrogen) atoms. The molecular formula is C16H20Cl2FNO3. The molecule has 0 aromatic heterocycles. The molecule has 1 amide bonds. The molecule has 0 aliphatic heterocycles. The van der Waals surface area contributed by atoms with Crippen molar-refractivity contribution in [3.8, 4) is 0 Å². The fraction of sp³-hybridized carbons (Fsp3) is 0.500. The van der Waals surface area contributed by atoms with E-state index in [1.54, 1.807) is 6.92 Å². The molecule has 0 spiro atoms. The highest BCUT2D eigenvalue weighted by Crippen LogP contribution is 2.24. The number of benzene rings is 1. The summed E-state index contributed by atoms with van der Waals surface area (Å²) in [6.07, 6.45) is 3.70. The van der Waals surface area contributed by atoms with E-state index in [1.165, 1.54) is 6.07 Å². The number of amides is 1. The first-order valence-electron chi connectivity index (χ1n) is 7.54. The molecule has 7 heteroatoms. The fourth-order valence-corrected chi connectivity index (χ4v) is 2.44. The molecular weight excluding hydrogens is 344 g/mol. The van der Waals surface area contributed by atoms with Crippen molar-refractivity contribution in [2.45, 2.75) is 39.0 Å². The first-order chi connectivity index (χ1) is 11.0. The molecule has 0 saturated carbocycles. The Hall–Kier alpha value is -1.33. The second kappa shape index (κ2) is 10.4. The van der Waals surface area contributed by atoms with Crippen LogP contribution < -0.4 is 5.32 Å². The van der Waals surface area contributed by atoms with Crippen molar-refractivity contribution in [1.29, 1.82) is 0 Å². The lowest BCUT2D eigenvalue weighted by Crippen LogP contribution is -2.24. The number of carbonyl (C=O) groups excluding carboxylic acids is 2. The van der Waals surface area contributed by atoms with E-state index in [2.05, 4.69) is 5.32 Å². The van der Waals surface area contributed by atoms with E-state index in [0.717, 1.165) is 31.7 Å². The molecule has 1 rings (SSSR count). The lowest BCUT2D eigenvalue weighted by atomic mass is 10.1. The minimum atomic E-state index is -0.680. The van der Waals surface area contributed by atoms with Gasteiger partial charge < -0.3 is 10.1 Å². The zero-order valence-electron chi connectivity index (χ0n) is 13.0. The smallest absolute Gasteiger partial charge is 0.305 e. The molecule has 4 nitrogen and oxygen atoms in total. The quantitative estimate of drug-likeness (QED) is 0.402. The number of nitrogens with one attached hydrogen (secondary N) is 1. The van der Waals surface area contributed by atoms with Gasteiger partial charge in [-0.25, -0.2) is 4.39 Å². The molecule has 0 aliphatic carbocycles. The van der Waals surface area contributed by atoms with Crippen LogP contribution in [0.4, 0.5) is 4.39 Å². The minimum absolute atomic E-state index is 0.0656. The predicted octanol–water partition coefficient (Wildman–Crippen LogP) is 4.38. The van der Waals surface area contributed by atoms with Crippen molar-refractivity contribution in [3.05, 3.63) is 33.6 Å². The van der Waals surface area contributed by atoms with E-state index < -0.39 is 11.7 Å². The largest absolute Gasteiger partial charge is 0.466 e. The van der Waals surface area contributed by atoms with Crippen LogP contribution in [0.1, 0.15) is 49.4 Å². The van der Waals surface area contributed by atoms with Gasteiger partial charge in [-0.05, 0) is 31.9 Å². The number of hydrogen-bond acceptors (Lipinski definition) is 3. The zero-order chi connectivity index (χ0) is 17.2. The van der Waals surface area contributed by atoms with Gasteiger partial charge in [-0.15, -0.1) is 0 Å². The first kappa shape index (κ1) is 19.7. The number of rotatable bonds is 9. The lowest BCUT2D eigenvalue weighted by Gasteiger charge is -2.08. The molecule has 0 atom stereocenters. The fourth-order valence-electron chi connectivity index (χ4n) is 1.97. The third-order valence-corrected chi connectivity index (χ3v) is 3.76. The number of hydrogen-bond donors (Lipinski definition) is 1. The average molecular weight is 364 g/mol. The zero-order valence-corrected chi connectivity index (χ0v) is 14.5. The van der Waals surface area contributed by atoms with Crippen molar-refractivity contribution < 1.29 is 18.7 Å². The van der Waals surface area contributed by atoms with Gasteiger partial charge in [-0.2, -0.15) is 0 Å². The second-order valence-corrected chi connectivity index (χ2v) is 5.79. The van der Waals surface area contributed by atoms with E-state index in [-0.39, 0.29) is 21.6 Å². The molecule has 0 heterocycles. The summed E-state index contributed by atoms with van der Waals surface area (Å²) in [7, 11) is 0. The number of halogens is 3. The first-order valence-corrected chi connectivity index (χ1v) is 8.29. The Balaban J connectivity index is 2.22. The Labute approximate surface area is 145 Å².